The van der Waals surface area contributed by atoms with Crippen LogP contribution >= 0.6 is 0 Å². The van der Waals surface area contributed by atoms with Gasteiger partial charge in [0.2, 0.25) is 0 Å². The monoisotopic (exact) mass is 291 g/mol. The zero-order valence-corrected chi connectivity index (χ0v) is 12.6. The summed E-state index contributed by atoms with van der Waals surface area (Å²) in [4.78, 5) is 25.1. The highest BCUT2D eigenvalue weighted by molar-refractivity contribution is 6.01. The SMILES string of the molecule is COC(=O)c1ccccc1NC(=O)C[NH+]1CCC[C@@H](C)C1. The van der Waals surface area contributed by atoms with E-state index < -0.39 is 5.97 Å². The smallest absolute Gasteiger partial charge is 0.339 e. The van der Waals surface area contributed by atoms with Gasteiger partial charge >= 0.3 is 5.97 Å². The number of anilines is 1. The Labute approximate surface area is 125 Å². The Bertz CT molecular complexity index is 516. The third-order valence-corrected chi connectivity index (χ3v) is 3.88. The van der Waals surface area contributed by atoms with Crippen LogP contribution in [-0.2, 0) is 9.53 Å². The first-order valence-corrected chi connectivity index (χ1v) is 7.41. The summed E-state index contributed by atoms with van der Waals surface area (Å²) in [6, 6.07) is 6.91. The molecule has 1 aliphatic rings. The second-order valence-electron chi connectivity index (χ2n) is 5.71. The summed E-state index contributed by atoms with van der Waals surface area (Å²) in [5, 5.41) is 2.83. The summed E-state index contributed by atoms with van der Waals surface area (Å²) in [5.41, 5.74) is 0.897. The molecule has 2 rings (SSSR count). The lowest BCUT2D eigenvalue weighted by Gasteiger charge is -2.27. The van der Waals surface area contributed by atoms with Gasteiger partial charge in [0.25, 0.3) is 5.91 Å². The highest BCUT2D eigenvalue weighted by Gasteiger charge is 2.22. The number of carbonyl (C=O) groups is 2. The highest BCUT2D eigenvalue weighted by Crippen LogP contribution is 2.15. The number of benzene rings is 1. The van der Waals surface area contributed by atoms with Crippen molar-refractivity contribution in [3.05, 3.63) is 29.8 Å². The molecule has 0 bridgehead atoms. The summed E-state index contributed by atoms with van der Waals surface area (Å²) in [5.74, 6) is 0.171. The first kappa shape index (κ1) is 15.5. The van der Waals surface area contributed by atoms with E-state index in [1.54, 1.807) is 24.3 Å². The van der Waals surface area contributed by atoms with E-state index in [1.807, 2.05) is 0 Å². The van der Waals surface area contributed by atoms with Crippen LogP contribution in [0.5, 0.6) is 0 Å². The van der Waals surface area contributed by atoms with Gasteiger partial charge in [-0.25, -0.2) is 4.79 Å². The van der Waals surface area contributed by atoms with Crippen LogP contribution in [0.3, 0.4) is 0 Å². The van der Waals surface area contributed by atoms with Crippen molar-refractivity contribution in [3.8, 4) is 0 Å². The van der Waals surface area contributed by atoms with Crippen LogP contribution in [0, 0.1) is 5.92 Å². The van der Waals surface area contributed by atoms with E-state index in [0.717, 1.165) is 13.1 Å². The quantitative estimate of drug-likeness (QED) is 0.804. The number of hydrogen-bond acceptors (Lipinski definition) is 3. The average Bonchev–Trinajstić information content (AvgIpc) is 2.47. The molecule has 1 amide bonds. The summed E-state index contributed by atoms with van der Waals surface area (Å²) in [6.07, 6.45) is 2.42. The molecule has 21 heavy (non-hydrogen) atoms. The van der Waals surface area contributed by atoms with Gasteiger partial charge in [0.1, 0.15) is 0 Å². The maximum atomic E-state index is 12.2. The van der Waals surface area contributed by atoms with Gasteiger partial charge in [-0.05, 0) is 25.0 Å². The lowest BCUT2D eigenvalue weighted by Crippen LogP contribution is -3.14. The molecule has 1 aromatic rings. The Morgan fingerprint density at radius 2 is 2.14 bits per heavy atom. The number of ether oxygens (including phenoxy) is 1. The van der Waals surface area contributed by atoms with Gasteiger partial charge in [-0.1, -0.05) is 19.1 Å². The fourth-order valence-electron chi connectivity index (χ4n) is 2.86. The molecule has 2 atom stereocenters. The molecule has 5 heteroatoms. The number of likely N-dealkylation sites (tertiary alicyclic amines) is 1. The Morgan fingerprint density at radius 1 is 1.38 bits per heavy atom. The minimum absolute atomic E-state index is 0.0598. The third kappa shape index (κ3) is 4.29. The van der Waals surface area contributed by atoms with Gasteiger partial charge in [0.15, 0.2) is 6.54 Å². The van der Waals surface area contributed by atoms with Gasteiger partial charge < -0.3 is 15.0 Å². The Morgan fingerprint density at radius 3 is 2.86 bits per heavy atom. The lowest BCUT2D eigenvalue weighted by molar-refractivity contribution is -0.900. The minimum Gasteiger partial charge on any atom is -0.465 e. The Hall–Kier alpha value is -1.88. The van der Waals surface area contributed by atoms with Crippen molar-refractivity contribution in [2.75, 3.05) is 32.1 Å². The predicted molar refractivity (Wildman–Crippen MR) is 80.4 cm³/mol. The third-order valence-electron chi connectivity index (χ3n) is 3.88. The number of nitrogens with one attached hydrogen (secondary N) is 2. The molecule has 1 saturated heterocycles. The second-order valence-corrected chi connectivity index (χ2v) is 5.71. The molecule has 1 aromatic carbocycles. The highest BCUT2D eigenvalue weighted by atomic mass is 16.5. The lowest BCUT2D eigenvalue weighted by atomic mass is 10.0. The topological polar surface area (TPSA) is 59.8 Å². The molecule has 1 fully saturated rings. The number of quaternary nitrogens is 1. The number of piperidine rings is 1. The summed E-state index contributed by atoms with van der Waals surface area (Å²) < 4.78 is 4.73. The van der Waals surface area contributed by atoms with Crippen molar-refractivity contribution >= 4 is 17.6 Å². The minimum atomic E-state index is -0.440. The van der Waals surface area contributed by atoms with Crippen molar-refractivity contribution in [1.29, 1.82) is 0 Å². The molecular formula is C16H23N2O3+. The fourth-order valence-corrected chi connectivity index (χ4v) is 2.86. The number of para-hydroxylation sites is 1. The van der Waals surface area contributed by atoms with Crippen molar-refractivity contribution in [2.45, 2.75) is 19.8 Å². The van der Waals surface area contributed by atoms with Gasteiger partial charge in [-0.15, -0.1) is 0 Å². The van der Waals surface area contributed by atoms with Crippen LogP contribution in [0.25, 0.3) is 0 Å². The molecule has 5 nitrogen and oxygen atoms in total. The zero-order chi connectivity index (χ0) is 15.2. The van der Waals surface area contributed by atoms with Gasteiger partial charge in [0.05, 0.1) is 31.5 Å². The van der Waals surface area contributed by atoms with E-state index in [2.05, 4.69) is 12.2 Å². The Kier molecular flexibility index (Phi) is 5.33. The van der Waals surface area contributed by atoms with Crippen LogP contribution in [0.2, 0.25) is 0 Å². The maximum absolute atomic E-state index is 12.2. The van der Waals surface area contributed by atoms with Crippen LogP contribution < -0.4 is 10.2 Å². The summed E-state index contributed by atoms with van der Waals surface area (Å²) in [7, 11) is 1.33. The van der Waals surface area contributed by atoms with E-state index >= 15 is 0 Å². The molecule has 0 radical (unpaired) electrons. The van der Waals surface area contributed by atoms with E-state index in [0.29, 0.717) is 23.7 Å². The molecule has 0 saturated carbocycles. The fraction of sp³-hybridized carbons (Fsp3) is 0.500. The first-order chi connectivity index (χ1) is 10.1. The van der Waals surface area contributed by atoms with E-state index in [4.69, 9.17) is 4.74 Å². The molecule has 1 unspecified atom stereocenters. The van der Waals surface area contributed by atoms with Gasteiger partial charge in [-0.3, -0.25) is 4.79 Å². The number of esters is 1. The van der Waals surface area contributed by atoms with E-state index in [1.165, 1.54) is 24.9 Å². The molecule has 114 valence electrons. The summed E-state index contributed by atoms with van der Waals surface area (Å²) >= 11 is 0. The van der Waals surface area contributed by atoms with E-state index in [9.17, 15) is 9.59 Å². The number of methoxy groups -OCH3 is 1. The van der Waals surface area contributed by atoms with Gasteiger partial charge in [-0.2, -0.15) is 0 Å². The molecule has 1 aliphatic heterocycles. The predicted octanol–water partition coefficient (Wildman–Crippen LogP) is 0.726. The van der Waals surface area contributed by atoms with Crippen LogP contribution in [-0.4, -0.2) is 38.6 Å². The molecular weight excluding hydrogens is 268 g/mol. The molecule has 0 aromatic heterocycles. The normalized spacial score (nSPS) is 21.6. The average molecular weight is 291 g/mol. The Balaban J connectivity index is 1.98. The second kappa shape index (κ2) is 7.22. The maximum Gasteiger partial charge on any atom is 0.339 e. The van der Waals surface area contributed by atoms with Crippen LogP contribution in [0.4, 0.5) is 5.69 Å². The zero-order valence-electron chi connectivity index (χ0n) is 12.6. The van der Waals surface area contributed by atoms with Crippen LogP contribution in [0.1, 0.15) is 30.1 Å². The van der Waals surface area contributed by atoms with E-state index in [-0.39, 0.29) is 5.91 Å². The largest absolute Gasteiger partial charge is 0.465 e. The number of hydrogen-bond donors (Lipinski definition) is 2. The standard InChI is InChI=1S/C16H22N2O3/c1-12-6-5-9-18(10-12)11-15(19)17-14-8-4-3-7-13(14)16(20)21-2/h3-4,7-8,12H,5-6,9-11H2,1-2H3,(H,17,19)/p+1/t12-/m1/s1. The first-order valence-electron chi connectivity index (χ1n) is 7.41. The summed E-state index contributed by atoms with van der Waals surface area (Å²) in [6.45, 7) is 4.74. The van der Waals surface area contributed by atoms with Crippen molar-refractivity contribution in [3.63, 3.8) is 0 Å². The molecule has 0 aliphatic carbocycles. The van der Waals surface area contributed by atoms with Crippen molar-refractivity contribution in [2.24, 2.45) is 5.92 Å². The number of carbonyl (C=O) groups excluding carboxylic acids is 2. The molecule has 0 spiro atoms. The molecule has 1 heterocycles. The molecule has 2 N–H and O–H groups in total. The number of rotatable bonds is 4. The van der Waals surface area contributed by atoms with Gasteiger partial charge in [0, 0.05) is 5.92 Å². The van der Waals surface area contributed by atoms with Crippen molar-refractivity contribution < 1.29 is 19.2 Å². The van der Waals surface area contributed by atoms with Crippen LogP contribution in [0.15, 0.2) is 24.3 Å². The number of amides is 1. The van der Waals surface area contributed by atoms with Crippen molar-refractivity contribution in [1.82, 2.24) is 0 Å².